The van der Waals surface area contributed by atoms with Crippen LogP contribution in [-0.4, -0.2) is 24.3 Å². The summed E-state index contributed by atoms with van der Waals surface area (Å²) in [6, 6.07) is 19.7. The molecule has 3 aromatic carbocycles. The Balaban J connectivity index is 1.54. The van der Waals surface area contributed by atoms with Crippen molar-refractivity contribution in [2.24, 2.45) is 5.92 Å². The minimum Gasteiger partial charge on any atom is -0.361 e. The maximum atomic E-state index is 13.3. The molecule has 3 heterocycles. The van der Waals surface area contributed by atoms with E-state index >= 15 is 0 Å². The van der Waals surface area contributed by atoms with E-state index in [-0.39, 0.29) is 30.1 Å². The summed E-state index contributed by atoms with van der Waals surface area (Å²) in [5.74, 6) is -1.25. The zero-order chi connectivity index (χ0) is 32.6. The van der Waals surface area contributed by atoms with Crippen molar-refractivity contribution in [3.63, 3.8) is 0 Å². The molecule has 3 aromatic rings. The molecule has 7 nitrogen and oxygen atoms in total. The maximum absolute atomic E-state index is 13.3. The first-order valence-corrected chi connectivity index (χ1v) is 16.8. The molecule has 2 fully saturated rings. The number of carbonyl (C=O) groups is 3. The van der Waals surface area contributed by atoms with E-state index in [9.17, 15) is 19.6 Å². The van der Waals surface area contributed by atoms with Crippen molar-refractivity contribution in [2.45, 2.75) is 97.1 Å². The topological polar surface area (TPSA) is 102 Å². The van der Waals surface area contributed by atoms with Crippen molar-refractivity contribution >= 4 is 23.4 Å². The van der Waals surface area contributed by atoms with Gasteiger partial charge in [-0.25, -0.2) is 0 Å². The summed E-state index contributed by atoms with van der Waals surface area (Å²) in [7, 11) is 0. The molecule has 3 aliphatic rings. The van der Waals surface area contributed by atoms with Crippen molar-refractivity contribution in [1.29, 1.82) is 5.26 Å². The average Bonchev–Trinajstić information content (AvgIpc) is 3.41. The lowest BCUT2D eigenvalue weighted by Gasteiger charge is -2.52. The summed E-state index contributed by atoms with van der Waals surface area (Å²) in [6.07, 6.45) is 6.05. The molecule has 2 N–H and O–H groups in total. The Morgan fingerprint density at radius 2 is 1.72 bits per heavy atom. The number of nitriles is 1. The molecule has 3 atom stereocenters. The average molecular weight is 617 g/mol. The van der Waals surface area contributed by atoms with Crippen molar-refractivity contribution < 1.29 is 14.4 Å². The quantitative estimate of drug-likeness (QED) is 0.205. The van der Waals surface area contributed by atoms with Crippen LogP contribution in [0.2, 0.25) is 0 Å². The van der Waals surface area contributed by atoms with Gasteiger partial charge in [0, 0.05) is 36.3 Å². The Kier molecular flexibility index (Phi) is 8.74. The number of rotatable bonds is 8. The fourth-order valence-electron chi connectivity index (χ4n) is 8.36. The molecule has 3 unspecified atom stereocenters. The summed E-state index contributed by atoms with van der Waals surface area (Å²) in [6.45, 7) is 9.68. The number of fused-ring (bicyclic) bond motifs is 1. The lowest BCUT2D eigenvalue weighted by atomic mass is 9.71. The van der Waals surface area contributed by atoms with Crippen molar-refractivity contribution in [2.75, 3.05) is 11.4 Å². The molecule has 3 amide bonds. The Morgan fingerprint density at radius 1 is 0.978 bits per heavy atom. The van der Waals surface area contributed by atoms with Gasteiger partial charge in [0.1, 0.15) is 0 Å². The van der Waals surface area contributed by atoms with E-state index in [1.807, 2.05) is 12.1 Å². The summed E-state index contributed by atoms with van der Waals surface area (Å²) in [5, 5.41) is 15.9. The van der Waals surface area contributed by atoms with Crippen LogP contribution >= 0.6 is 0 Å². The molecule has 46 heavy (non-hydrogen) atoms. The largest absolute Gasteiger partial charge is 0.361 e. The number of nitrogens with zero attached hydrogens (tertiary/aromatic N) is 2. The van der Waals surface area contributed by atoms with Gasteiger partial charge in [0.15, 0.2) is 0 Å². The molecular weight excluding hydrogens is 572 g/mol. The highest BCUT2D eigenvalue weighted by Crippen LogP contribution is 2.51. The number of benzene rings is 3. The van der Waals surface area contributed by atoms with Crippen LogP contribution in [0.15, 0.2) is 48.5 Å². The number of piperidine rings is 2. The SMILES string of the molecule is CCCCCC1(c2ccc(-c3c(C)cc(C)cc3C)cc2)CC(C#N)CCN1c1c(C2CCC(=O)NC2=O)ccc2c1CNC2=O. The highest BCUT2D eigenvalue weighted by molar-refractivity contribution is 6.04. The molecule has 6 rings (SSSR count). The first-order chi connectivity index (χ1) is 22.2. The van der Waals surface area contributed by atoms with Crippen molar-refractivity contribution in [1.82, 2.24) is 10.6 Å². The van der Waals surface area contributed by atoms with Crippen LogP contribution in [-0.2, 0) is 21.7 Å². The molecule has 0 bridgehead atoms. The van der Waals surface area contributed by atoms with Gasteiger partial charge in [-0.2, -0.15) is 5.26 Å². The standard InChI is InChI=1S/C39H44N4O3/c1-5-6-7-17-39(29-10-8-28(9-11-29)35-25(3)19-24(2)20-26(35)4)21-27(22-40)16-18-43(39)36-30(31-14-15-34(44)42-38(31)46)12-13-32-33(36)23-41-37(32)45/h8-13,19-20,27,31H,5-7,14-18,21,23H2,1-4H3,(H,41,45)(H,42,44,46). The first-order valence-electron chi connectivity index (χ1n) is 16.8. The van der Waals surface area contributed by atoms with Crippen LogP contribution in [0.3, 0.4) is 0 Å². The van der Waals surface area contributed by atoms with Crippen molar-refractivity contribution in [3.8, 4) is 17.2 Å². The summed E-state index contributed by atoms with van der Waals surface area (Å²) >= 11 is 0. The second-order valence-corrected chi connectivity index (χ2v) is 13.5. The smallest absolute Gasteiger partial charge is 0.251 e. The first kappa shape index (κ1) is 31.5. The monoisotopic (exact) mass is 616 g/mol. The second-order valence-electron chi connectivity index (χ2n) is 13.5. The van der Waals surface area contributed by atoms with Crippen LogP contribution < -0.4 is 15.5 Å². The summed E-state index contributed by atoms with van der Waals surface area (Å²) in [4.78, 5) is 40.9. The van der Waals surface area contributed by atoms with Gasteiger partial charge < -0.3 is 10.2 Å². The zero-order valence-corrected chi connectivity index (χ0v) is 27.5. The highest BCUT2D eigenvalue weighted by atomic mass is 16.2. The number of amides is 3. The Morgan fingerprint density at radius 3 is 2.39 bits per heavy atom. The Labute approximate surface area is 272 Å². The lowest BCUT2D eigenvalue weighted by Crippen LogP contribution is -2.53. The van der Waals surface area contributed by atoms with E-state index in [0.29, 0.717) is 37.9 Å². The fraction of sp³-hybridized carbons (Fsp3) is 0.436. The van der Waals surface area contributed by atoms with Crippen LogP contribution in [0.4, 0.5) is 5.69 Å². The third-order valence-electron chi connectivity index (χ3n) is 10.4. The van der Waals surface area contributed by atoms with E-state index in [1.54, 1.807) is 0 Å². The predicted molar refractivity (Wildman–Crippen MR) is 180 cm³/mol. The number of hydrogen-bond acceptors (Lipinski definition) is 5. The van der Waals surface area contributed by atoms with Gasteiger partial charge >= 0.3 is 0 Å². The lowest BCUT2D eigenvalue weighted by molar-refractivity contribution is -0.134. The maximum Gasteiger partial charge on any atom is 0.251 e. The molecule has 0 aromatic heterocycles. The van der Waals surface area contributed by atoms with Gasteiger partial charge in [-0.05, 0) is 85.9 Å². The van der Waals surface area contributed by atoms with E-state index in [1.165, 1.54) is 27.8 Å². The normalized spacial score (nSPS) is 22.7. The number of hydrogen-bond donors (Lipinski definition) is 2. The van der Waals surface area contributed by atoms with Crippen LogP contribution in [0, 0.1) is 38.0 Å². The van der Waals surface area contributed by atoms with Crippen molar-refractivity contribution in [3.05, 3.63) is 87.5 Å². The molecule has 2 saturated heterocycles. The molecule has 7 heteroatoms. The molecule has 238 valence electrons. The van der Waals surface area contributed by atoms with Gasteiger partial charge in [-0.1, -0.05) is 74.2 Å². The predicted octanol–water partition coefficient (Wildman–Crippen LogP) is 7.26. The number of imide groups is 1. The third-order valence-corrected chi connectivity index (χ3v) is 10.4. The van der Waals surface area contributed by atoms with E-state index < -0.39 is 11.5 Å². The van der Waals surface area contributed by atoms with Gasteiger partial charge in [-0.3, -0.25) is 19.7 Å². The summed E-state index contributed by atoms with van der Waals surface area (Å²) < 4.78 is 0. The minimum atomic E-state index is -0.514. The van der Waals surface area contributed by atoms with Gasteiger partial charge in [0.05, 0.1) is 23.4 Å². The Hall–Kier alpha value is -4.44. The zero-order valence-electron chi connectivity index (χ0n) is 27.5. The van der Waals surface area contributed by atoms with Crippen LogP contribution in [0.25, 0.3) is 11.1 Å². The molecule has 3 aliphatic heterocycles. The van der Waals surface area contributed by atoms with Crippen LogP contribution in [0.1, 0.15) is 108 Å². The third kappa shape index (κ3) is 5.59. The minimum absolute atomic E-state index is 0.109. The molecule has 0 spiro atoms. The highest BCUT2D eigenvalue weighted by Gasteiger charge is 2.47. The number of aryl methyl sites for hydroxylation is 3. The Bertz CT molecular complexity index is 1710. The van der Waals surface area contributed by atoms with Crippen LogP contribution in [0.5, 0.6) is 0 Å². The molecular formula is C39H44N4O3. The van der Waals surface area contributed by atoms with E-state index in [0.717, 1.165) is 48.1 Å². The number of unbranched alkanes of at least 4 members (excludes halogenated alkanes) is 2. The van der Waals surface area contributed by atoms with Gasteiger partial charge in [0.2, 0.25) is 11.8 Å². The van der Waals surface area contributed by atoms with E-state index in [4.69, 9.17) is 0 Å². The number of anilines is 1. The van der Waals surface area contributed by atoms with Gasteiger partial charge in [0.25, 0.3) is 5.91 Å². The van der Waals surface area contributed by atoms with Gasteiger partial charge in [-0.15, -0.1) is 0 Å². The number of carbonyl (C=O) groups excluding carboxylic acids is 3. The molecule has 0 radical (unpaired) electrons. The molecule has 0 aliphatic carbocycles. The molecule has 0 saturated carbocycles. The number of nitrogens with one attached hydrogen (secondary N) is 2. The van der Waals surface area contributed by atoms with E-state index in [2.05, 4.69) is 85.7 Å². The second kappa shape index (κ2) is 12.7. The fourth-order valence-corrected chi connectivity index (χ4v) is 8.36. The summed E-state index contributed by atoms with van der Waals surface area (Å²) in [5.41, 5.74) is 10.1.